The van der Waals surface area contributed by atoms with Crippen molar-refractivity contribution in [3.63, 3.8) is 0 Å². The molecule has 0 spiro atoms. The van der Waals surface area contributed by atoms with E-state index in [-0.39, 0.29) is 29.9 Å². The van der Waals surface area contributed by atoms with Gasteiger partial charge in [-0.2, -0.15) is 0 Å². The van der Waals surface area contributed by atoms with Crippen LogP contribution < -0.4 is 20.9 Å². The fraction of sp³-hybridized carbons (Fsp3) is 0.270. The minimum Gasteiger partial charge on any atom is -0.336 e. The number of nitrogens with two attached hydrogens (primary N) is 1. The third kappa shape index (κ3) is 7.07. The predicted molar refractivity (Wildman–Crippen MR) is 205 cm³/mol. The molecule has 3 N–H and O–H groups in total. The van der Waals surface area contributed by atoms with Crippen LogP contribution in [0.5, 0.6) is 0 Å². The third-order valence-corrected chi connectivity index (χ3v) is 12.0. The van der Waals surface area contributed by atoms with E-state index in [0.29, 0.717) is 13.1 Å². The molecule has 3 saturated heterocycles. The molecule has 12 heteroatoms. The molecule has 7 rings (SSSR count). The van der Waals surface area contributed by atoms with Crippen LogP contribution in [0.4, 0.5) is 16.2 Å². The first-order valence-electron chi connectivity index (χ1n) is 15.8. The number of hydrogen-bond donors (Lipinski definition) is 2. The monoisotopic (exact) mass is 729 g/mol. The lowest BCUT2D eigenvalue weighted by Crippen LogP contribution is -2.66. The summed E-state index contributed by atoms with van der Waals surface area (Å²) in [6.45, 7) is 1.15. The van der Waals surface area contributed by atoms with Crippen LogP contribution >= 0.6 is 47.0 Å². The molecule has 4 aromatic rings. The molecule has 4 aromatic carbocycles. The van der Waals surface area contributed by atoms with Crippen molar-refractivity contribution in [3.8, 4) is 0 Å². The molecule has 4 atom stereocenters. The second-order valence-corrected chi connectivity index (χ2v) is 15.2. The number of amides is 4. The van der Waals surface area contributed by atoms with Crippen LogP contribution in [0.25, 0.3) is 0 Å². The topological polar surface area (TPSA) is 99.0 Å². The molecule has 0 aromatic heterocycles. The van der Waals surface area contributed by atoms with Gasteiger partial charge in [-0.3, -0.25) is 9.59 Å². The van der Waals surface area contributed by atoms with Gasteiger partial charge in [0, 0.05) is 44.0 Å². The molecule has 0 radical (unpaired) electrons. The van der Waals surface area contributed by atoms with Gasteiger partial charge >= 0.3 is 6.03 Å². The smallest absolute Gasteiger partial charge is 0.318 e. The number of rotatable bonds is 9. The fourth-order valence-corrected chi connectivity index (χ4v) is 8.02. The van der Waals surface area contributed by atoms with Crippen molar-refractivity contribution in [2.75, 3.05) is 47.9 Å². The Hall–Kier alpha value is -3.55. The van der Waals surface area contributed by atoms with E-state index in [2.05, 4.69) is 53.8 Å². The standard InChI is InChI=1S/C20H21N3O2S2.C17H18N2OS2/c1-26-15-7-3-13(4-8-15)17-18(22-12-11-21-20(22)25)19(24)23(17)14-5-9-16(27-2)10-6-14;1-21-13-7-3-11(4-8-13)16-15(18)17(20)19(16)12-5-9-14(22-2)10-6-12/h3-10,17-18H,11-12H2,1-2H3,(H,21,25);3-10,15-16H,18H2,1-2H3. The molecule has 3 fully saturated rings. The van der Waals surface area contributed by atoms with Gasteiger partial charge in [-0.1, -0.05) is 24.3 Å². The number of urea groups is 1. The summed E-state index contributed by atoms with van der Waals surface area (Å²) in [6, 6.07) is 31.3. The lowest BCUT2D eigenvalue weighted by Gasteiger charge is -2.50. The summed E-state index contributed by atoms with van der Waals surface area (Å²) in [5.41, 5.74) is 9.96. The summed E-state index contributed by atoms with van der Waals surface area (Å²) in [6.07, 6.45) is 8.16. The summed E-state index contributed by atoms with van der Waals surface area (Å²) in [4.78, 5) is 47.5. The molecule has 49 heavy (non-hydrogen) atoms. The molecule has 4 amide bonds. The lowest BCUT2D eigenvalue weighted by molar-refractivity contribution is -0.130. The van der Waals surface area contributed by atoms with Gasteiger partial charge in [0.1, 0.15) is 12.1 Å². The highest BCUT2D eigenvalue weighted by Gasteiger charge is 2.54. The SMILES string of the molecule is CSc1ccc(C2C(N)C(=O)N2c2ccc(SC)cc2)cc1.CSc1ccc(C2C(N3CCNC3=O)C(=O)N2c2ccc(SC)cc2)cc1. The van der Waals surface area contributed by atoms with Gasteiger partial charge in [-0.05, 0) is 109 Å². The van der Waals surface area contributed by atoms with E-state index in [1.807, 2.05) is 78.5 Å². The first-order chi connectivity index (χ1) is 23.8. The first-order valence-corrected chi connectivity index (χ1v) is 20.7. The van der Waals surface area contributed by atoms with Gasteiger partial charge < -0.3 is 25.8 Å². The van der Waals surface area contributed by atoms with Crippen molar-refractivity contribution in [1.82, 2.24) is 10.2 Å². The Kier molecular flexibility index (Phi) is 11.2. The molecular formula is C37H39N5O3S4. The Morgan fingerprint density at radius 3 is 1.33 bits per heavy atom. The van der Waals surface area contributed by atoms with Crippen molar-refractivity contribution in [3.05, 3.63) is 108 Å². The maximum absolute atomic E-state index is 13.1. The van der Waals surface area contributed by atoms with Gasteiger partial charge in [0.25, 0.3) is 5.91 Å². The Balaban J connectivity index is 0.000000174. The predicted octanol–water partition coefficient (Wildman–Crippen LogP) is 7.16. The van der Waals surface area contributed by atoms with Crippen LogP contribution in [0.1, 0.15) is 23.2 Å². The molecule has 254 valence electrons. The maximum atomic E-state index is 13.1. The molecule has 0 aliphatic carbocycles. The van der Waals surface area contributed by atoms with Crippen LogP contribution in [0.15, 0.2) is 117 Å². The number of hydrogen-bond acceptors (Lipinski definition) is 8. The van der Waals surface area contributed by atoms with E-state index in [0.717, 1.165) is 27.4 Å². The summed E-state index contributed by atoms with van der Waals surface area (Å²) in [5, 5.41) is 2.81. The van der Waals surface area contributed by atoms with Gasteiger partial charge in [0.2, 0.25) is 5.91 Å². The largest absolute Gasteiger partial charge is 0.336 e. The van der Waals surface area contributed by atoms with E-state index in [9.17, 15) is 14.4 Å². The van der Waals surface area contributed by atoms with Gasteiger partial charge in [0.05, 0.1) is 12.1 Å². The van der Waals surface area contributed by atoms with E-state index >= 15 is 0 Å². The zero-order chi connectivity index (χ0) is 34.7. The van der Waals surface area contributed by atoms with Gasteiger partial charge in [-0.25, -0.2) is 4.79 Å². The number of benzene rings is 4. The highest BCUT2D eigenvalue weighted by molar-refractivity contribution is 7.99. The van der Waals surface area contributed by atoms with Crippen molar-refractivity contribution in [2.45, 2.75) is 43.7 Å². The molecule has 0 bridgehead atoms. The highest BCUT2D eigenvalue weighted by Crippen LogP contribution is 2.43. The second-order valence-electron chi connectivity index (χ2n) is 11.6. The molecule has 8 nitrogen and oxygen atoms in total. The maximum Gasteiger partial charge on any atom is 0.318 e. The number of nitrogens with one attached hydrogen (secondary N) is 1. The number of carbonyl (C=O) groups is 3. The summed E-state index contributed by atoms with van der Waals surface area (Å²) in [7, 11) is 0. The summed E-state index contributed by atoms with van der Waals surface area (Å²) in [5.74, 6) is -0.0428. The van der Waals surface area contributed by atoms with Crippen molar-refractivity contribution < 1.29 is 14.4 Å². The van der Waals surface area contributed by atoms with Gasteiger partial charge in [-0.15, -0.1) is 47.0 Å². The number of carbonyl (C=O) groups excluding carboxylic acids is 3. The molecule has 3 aliphatic rings. The quantitative estimate of drug-likeness (QED) is 0.139. The summed E-state index contributed by atoms with van der Waals surface area (Å²) >= 11 is 6.75. The summed E-state index contributed by atoms with van der Waals surface area (Å²) < 4.78 is 0. The van der Waals surface area contributed by atoms with Gasteiger partial charge in [0.15, 0.2) is 0 Å². The van der Waals surface area contributed by atoms with Crippen LogP contribution in [0.3, 0.4) is 0 Å². The average molecular weight is 730 g/mol. The minimum atomic E-state index is -0.458. The normalized spacial score (nSPS) is 21.5. The molecule has 3 aliphatic heterocycles. The van der Waals surface area contributed by atoms with Crippen molar-refractivity contribution in [2.24, 2.45) is 5.73 Å². The fourth-order valence-electron chi connectivity index (χ4n) is 6.39. The molecule has 3 heterocycles. The van der Waals surface area contributed by atoms with E-state index in [1.54, 1.807) is 56.8 Å². The Labute approximate surface area is 304 Å². The molecule has 4 unspecified atom stereocenters. The Morgan fingerprint density at radius 2 is 0.939 bits per heavy atom. The number of β-lactam (4-membered cyclic amide) rings is 2. The number of thioether (sulfide) groups is 4. The number of anilines is 2. The van der Waals surface area contributed by atoms with E-state index < -0.39 is 12.1 Å². The Bertz CT molecular complexity index is 1790. The van der Waals surface area contributed by atoms with E-state index in [4.69, 9.17) is 5.73 Å². The Morgan fingerprint density at radius 1 is 0.551 bits per heavy atom. The molecular weight excluding hydrogens is 691 g/mol. The second kappa shape index (κ2) is 15.6. The van der Waals surface area contributed by atoms with Crippen LogP contribution in [-0.4, -0.2) is 72.9 Å². The zero-order valence-corrected chi connectivity index (χ0v) is 31.0. The molecule has 0 saturated carbocycles. The highest BCUT2D eigenvalue weighted by atomic mass is 32.2. The lowest BCUT2D eigenvalue weighted by atomic mass is 9.86. The third-order valence-electron chi connectivity index (χ3n) is 9.05. The zero-order valence-electron chi connectivity index (χ0n) is 27.7. The van der Waals surface area contributed by atoms with Crippen molar-refractivity contribution in [1.29, 1.82) is 0 Å². The van der Waals surface area contributed by atoms with Crippen LogP contribution in [0, 0.1) is 0 Å². The van der Waals surface area contributed by atoms with Crippen LogP contribution in [-0.2, 0) is 9.59 Å². The minimum absolute atomic E-state index is 0.0177. The average Bonchev–Trinajstić information content (AvgIpc) is 3.57. The van der Waals surface area contributed by atoms with Crippen LogP contribution in [0.2, 0.25) is 0 Å². The number of nitrogens with zero attached hydrogens (tertiary/aromatic N) is 3. The van der Waals surface area contributed by atoms with Crippen molar-refractivity contribution >= 4 is 76.3 Å². The first kappa shape index (κ1) is 35.3. The van der Waals surface area contributed by atoms with E-state index in [1.165, 1.54) is 14.7 Å².